The lowest BCUT2D eigenvalue weighted by Gasteiger charge is -2.28. The fraction of sp³-hybridized carbons (Fsp3) is 0.391. The minimum Gasteiger partial charge on any atom is -0.325 e. The maximum absolute atomic E-state index is 13.4. The van der Waals surface area contributed by atoms with E-state index in [1.54, 1.807) is 46.0 Å². The van der Waals surface area contributed by atoms with Crippen LogP contribution in [0, 0.1) is 11.6 Å². The fourth-order valence-corrected chi connectivity index (χ4v) is 3.77. The monoisotopic (exact) mass is 430 g/mol. The molecule has 0 spiro atoms. The molecule has 0 saturated carbocycles. The van der Waals surface area contributed by atoms with Crippen molar-refractivity contribution in [1.29, 1.82) is 0 Å². The quantitative estimate of drug-likeness (QED) is 0.752. The number of likely N-dealkylation sites (tertiary alicyclic amines) is 1. The number of nitrogens with zero attached hydrogens (tertiary/aromatic N) is 3. The zero-order valence-corrected chi connectivity index (χ0v) is 18.1. The summed E-state index contributed by atoms with van der Waals surface area (Å²) in [7, 11) is 1.72. The lowest BCUT2D eigenvalue weighted by Crippen LogP contribution is -2.45. The number of anilines is 1. The molecule has 0 aliphatic carbocycles. The molecular formula is C23H28F2N4O2. The predicted molar refractivity (Wildman–Crippen MR) is 117 cm³/mol. The lowest BCUT2D eigenvalue weighted by atomic mass is 10.1. The number of rotatable bonds is 5. The molecule has 0 unspecified atom stereocenters. The Morgan fingerprint density at radius 2 is 1.65 bits per heavy atom. The number of urea groups is 2. The first-order valence-electron chi connectivity index (χ1n) is 10.5. The van der Waals surface area contributed by atoms with Crippen LogP contribution in [0.4, 0.5) is 24.1 Å². The zero-order valence-electron chi connectivity index (χ0n) is 18.1. The number of carbonyl (C=O) groups is 2. The molecule has 2 aromatic rings. The van der Waals surface area contributed by atoms with Crippen LogP contribution >= 0.6 is 0 Å². The van der Waals surface area contributed by atoms with Gasteiger partial charge in [0.05, 0.1) is 6.04 Å². The number of hydrogen-bond acceptors (Lipinski definition) is 2. The van der Waals surface area contributed by atoms with E-state index >= 15 is 0 Å². The highest BCUT2D eigenvalue weighted by molar-refractivity contribution is 5.89. The smallest absolute Gasteiger partial charge is 0.321 e. The Bertz CT molecular complexity index is 911. The van der Waals surface area contributed by atoms with Crippen molar-refractivity contribution in [2.75, 3.05) is 38.5 Å². The van der Waals surface area contributed by atoms with Crippen LogP contribution in [0.5, 0.6) is 0 Å². The van der Waals surface area contributed by atoms with E-state index in [1.807, 2.05) is 13.8 Å². The van der Waals surface area contributed by atoms with Crippen LogP contribution in [-0.4, -0.2) is 66.0 Å². The van der Waals surface area contributed by atoms with Crippen molar-refractivity contribution in [2.45, 2.75) is 26.3 Å². The Labute approximate surface area is 181 Å². The topological polar surface area (TPSA) is 55.9 Å². The third-order valence-corrected chi connectivity index (χ3v) is 5.67. The second kappa shape index (κ2) is 9.76. The minimum absolute atomic E-state index is 0.00526. The summed E-state index contributed by atoms with van der Waals surface area (Å²) in [4.78, 5) is 30.4. The number of benzene rings is 2. The average molecular weight is 430 g/mol. The summed E-state index contributed by atoms with van der Waals surface area (Å²) in [5.74, 6) is -1.28. The number of carbonyl (C=O) groups excluding carboxylic acids is 2. The second-order valence-electron chi connectivity index (χ2n) is 7.62. The van der Waals surface area contributed by atoms with Gasteiger partial charge in [0.2, 0.25) is 0 Å². The molecule has 166 valence electrons. The fourth-order valence-electron chi connectivity index (χ4n) is 3.77. The molecule has 0 radical (unpaired) electrons. The summed E-state index contributed by atoms with van der Waals surface area (Å²) < 4.78 is 26.9. The van der Waals surface area contributed by atoms with E-state index < -0.39 is 11.6 Å². The molecule has 1 aliphatic heterocycles. The lowest BCUT2D eigenvalue weighted by molar-refractivity contribution is 0.162. The maximum atomic E-state index is 13.4. The van der Waals surface area contributed by atoms with Gasteiger partial charge >= 0.3 is 12.1 Å². The molecule has 1 N–H and O–H groups in total. The Balaban J connectivity index is 1.59. The van der Waals surface area contributed by atoms with Crippen LogP contribution in [0.15, 0.2) is 42.5 Å². The van der Waals surface area contributed by atoms with Gasteiger partial charge in [-0.05, 0) is 55.7 Å². The summed E-state index contributed by atoms with van der Waals surface area (Å²) in [6, 6.07) is 9.79. The molecule has 1 fully saturated rings. The predicted octanol–water partition coefficient (Wildman–Crippen LogP) is 4.63. The van der Waals surface area contributed by atoms with Crippen molar-refractivity contribution >= 4 is 17.7 Å². The Morgan fingerprint density at radius 3 is 2.23 bits per heavy atom. The van der Waals surface area contributed by atoms with E-state index in [0.717, 1.165) is 12.5 Å². The Morgan fingerprint density at radius 1 is 1.03 bits per heavy atom. The first-order chi connectivity index (χ1) is 14.8. The van der Waals surface area contributed by atoms with Crippen molar-refractivity contribution < 1.29 is 18.4 Å². The van der Waals surface area contributed by atoms with Crippen molar-refractivity contribution in [3.8, 4) is 11.1 Å². The molecule has 0 aromatic heterocycles. The highest BCUT2D eigenvalue weighted by Crippen LogP contribution is 2.24. The van der Waals surface area contributed by atoms with E-state index in [9.17, 15) is 18.4 Å². The molecule has 1 atom stereocenters. The van der Waals surface area contributed by atoms with E-state index in [1.165, 1.54) is 12.1 Å². The molecule has 31 heavy (non-hydrogen) atoms. The van der Waals surface area contributed by atoms with Crippen molar-refractivity contribution in [3.63, 3.8) is 0 Å². The second-order valence-corrected chi connectivity index (χ2v) is 7.62. The van der Waals surface area contributed by atoms with Crippen molar-refractivity contribution in [1.82, 2.24) is 14.7 Å². The van der Waals surface area contributed by atoms with Gasteiger partial charge in [0.25, 0.3) is 0 Å². The number of nitrogens with one attached hydrogen (secondary N) is 1. The molecule has 2 aromatic carbocycles. The van der Waals surface area contributed by atoms with Gasteiger partial charge in [-0.3, -0.25) is 0 Å². The number of hydrogen-bond donors (Lipinski definition) is 1. The average Bonchev–Trinajstić information content (AvgIpc) is 3.24. The van der Waals surface area contributed by atoms with E-state index in [0.29, 0.717) is 43.0 Å². The number of likely N-dealkylation sites (N-methyl/N-ethyl adjacent to an activating group) is 1. The van der Waals surface area contributed by atoms with Gasteiger partial charge in [0.1, 0.15) is 11.6 Å². The van der Waals surface area contributed by atoms with Crippen molar-refractivity contribution in [3.05, 3.63) is 54.1 Å². The molecule has 4 amide bonds. The van der Waals surface area contributed by atoms with Crippen molar-refractivity contribution in [2.24, 2.45) is 0 Å². The largest absolute Gasteiger partial charge is 0.325 e. The standard InChI is InChI=1S/C23H28F2N4O2/c1-4-28(5-2)23(31)29-11-10-21(15-29)27(3)22(30)26-20-8-6-16(7-9-20)17-12-18(24)14-19(25)13-17/h6-9,12-14,21H,4-5,10-11,15H2,1-3H3,(H,26,30)/t21-/m0/s1. The number of amides is 4. The third kappa shape index (κ3) is 5.31. The molecule has 0 bridgehead atoms. The van der Waals surface area contributed by atoms with E-state index in [2.05, 4.69) is 5.32 Å². The van der Waals surface area contributed by atoms with Gasteiger partial charge in [-0.1, -0.05) is 12.1 Å². The first-order valence-corrected chi connectivity index (χ1v) is 10.5. The van der Waals surface area contributed by atoms with Crippen LogP contribution in [-0.2, 0) is 0 Å². The summed E-state index contributed by atoms with van der Waals surface area (Å²) in [6.45, 7) is 6.34. The SMILES string of the molecule is CCN(CC)C(=O)N1CC[C@H](N(C)C(=O)Nc2ccc(-c3cc(F)cc(F)c3)cc2)C1. The number of halogens is 2. The van der Waals surface area contributed by atoms with Crippen LogP contribution in [0.3, 0.4) is 0 Å². The Kier molecular flexibility index (Phi) is 7.09. The molecule has 3 rings (SSSR count). The van der Waals surface area contributed by atoms with Gasteiger partial charge < -0.3 is 20.0 Å². The van der Waals surface area contributed by atoms with E-state index in [-0.39, 0.29) is 18.1 Å². The van der Waals surface area contributed by atoms with E-state index in [4.69, 9.17) is 0 Å². The maximum Gasteiger partial charge on any atom is 0.321 e. The first kappa shape index (κ1) is 22.5. The van der Waals surface area contributed by atoms with Gasteiger partial charge in [0, 0.05) is 45.0 Å². The summed E-state index contributed by atoms with van der Waals surface area (Å²) in [6.07, 6.45) is 0.723. The summed E-state index contributed by atoms with van der Waals surface area (Å²) in [5, 5.41) is 2.83. The Hall–Kier alpha value is -3.16. The molecule has 6 nitrogen and oxygen atoms in total. The van der Waals surface area contributed by atoms with Gasteiger partial charge in [0.15, 0.2) is 0 Å². The van der Waals surface area contributed by atoms with Crippen LogP contribution in [0.1, 0.15) is 20.3 Å². The summed E-state index contributed by atoms with van der Waals surface area (Å²) >= 11 is 0. The molecule has 8 heteroatoms. The van der Waals surface area contributed by atoms with Gasteiger partial charge in [-0.15, -0.1) is 0 Å². The molecule has 1 aliphatic rings. The van der Waals surface area contributed by atoms with Crippen LogP contribution in [0.2, 0.25) is 0 Å². The zero-order chi connectivity index (χ0) is 22.5. The van der Waals surface area contributed by atoms with Crippen LogP contribution in [0.25, 0.3) is 11.1 Å². The molecule has 1 saturated heterocycles. The van der Waals surface area contributed by atoms with Gasteiger partial charge in [-0.2, -0.15) is 0 Å². The molecular weight excluding hydrogens is 402 g/mol. The highest BCUT2D eigenvalue weighted by atomic mass is 19.1. The van der Waals surface area contributed by atoms with Gasteiger partial charge in [-0.25, -0.2) is 18.4 Å². The third-order valence-electron chi connectivity index (χ3n) is 5.67. The normalized spacial score (nSPS) is 15.6. The minimum atomic E-state index is -0.640. The van der Waals surface area contributed by atoms with Crippen LogP contribution < -0.4 is 5.32 Å². The summed E-state index contributed by atoms with van der Waals surface area (Å²) in [5.41, 5.74) is 1.65. The highest BCUT2D eigenvalue weighted by Gasteiger charge is 2.32. The molecule has 1 heterocycles.